The van der Waals surface area contributed by atoms with Gasteiger partial charge in [0, 0.05) is 5.41 Å². The minimum absolute atomic E-state index is 0.0548. The van der Waals surface area contributed by atoms with E-state index in [4.69, 9.17) is 4.74 Å². The number of hydrogen-bond donors (Lipinski definition) is 0. The van der Waals surface area contributed by atoms with Gasteiger partial charge in [-0.25, -0.2) is 0 Å². The summed E-state index contributed by atoms with van der Waals surface area (Å²) in [5.74, 6) is 1.17. The Balaban J connectivity index is 1.92. The summed E-state index contributed by atoms with van der Waals surface area (Å²) in [6.07, 6.45) is 9.95. The average molecular weight is 302 g/mol. The highest BCUT2D eigenvalue weighted by atomic mass is 16.6. The highest BCUT2D eigenvalue weighted by molar-refractivity contribution is 5.98. The number of hydrogen-bond acceptors (Lipinski definition) is 2. The lowest BCUT2D eigenvalue weighted by atomic mass is 9.69. The number of carbonyl (C=O) groups is 1. The molecule has 0 N–H and O–H groups in total. The molecular formula is C20H30O2. The van der Waals surface area contributed by atoms with Crippen molar-refractivity contribution in [3.63, 3.8) is 0 Å². The van der Waals surface area contributed by atoms with Crippen LogP contribution in [0.5, 0.6) is 0 Å². The number of rotatable bonds is 1. The first kappa shape index (κ1) is 16.0. The summed E-state index contributed by atoms with van der Waals surface area (Å²) in [5, 5.41) is 0. The van der Waals surface area contributed by atoms with Crippen LogP contribution in [0.2, 0.25) is 0 Å². The number of ether oxygens (including phenoxy) is 1. The monoisotopic (exact) mass is 302 g/mol. The molecule has 1 aliphatic heterocycles. The summed E-state index contributed by atoms with van der Waals surface area (Å²) < 4.78 is 6.00. The van der Waals surface area contributed by atoms with Gasteiger partial charge in [0.05, 0.1) is 11.7 Å². The number of carbonyl (C=O) groups excluding carboxylic acids is 1. The van der Waals surface area contributed by atoms with E-state index in [1.54, 1.807) is 0 Å². The summed E-state index contributed by atoms with van der Waals surface area (Å²) in [5.41, 5.74) is 2.58. The second-order valence-electron chi connectivity index (χ2n) is 8.38. The third-order valence-corrected chi connectivity index (χ3v) is 6.34. The molecule has 1 heterocycles. The second-order valence-corrected chi connectivity index (χ2v) is 8.38. The lowest BCUT2D eigenvalue weighted by molar-refractivity contribution is -0.123. The molecule has 0 aromatic heterocycles. The van der Waals surface area contributed by atoms with Crippen LogP contribution in [-0.4, -0.2) is 17.5 Å². The third kappa shape index (κ3) is 2.60. The smallest absolute Gasteiger partial charge is 0.162 e. The van der Waals surface area contributed by atoms with E-state index in [0.29, 0.717) is 23.7 Å². The highest BCUT2D eigenvalue weighted by Crippen LogP contribution is 2.52. The molecule has 0 amide bonds. The van der Waals surface area contributed by atoms with Gasteiger partial charge >= 0.3 is 0 Å². The van der Waals surface area contributed by atoms with Crippen LogP contribution in [0.1, 0.15) is 66.7 Å². The number of allylic oxidation sites excluding steroid dienone is 4. The minimum atomic E-state index is -0.244. The van der Waals surface area contributed by atoms with Gasteiger partial charge in [-0.3, -0.25) is 4.79 Å². The topological polar surface area (TPSA) is 29.6 Å². The second kappa shape index (κ2) is 5.33. The molecule has 3 aliphatic rings. The quantitative estimate of drug-likeness (QED) is 0.512. The summed E-state index contributed by atoms with van der Waals surface area (Å²) in [6.45, 7) is 11.1. The first-order valence-corrected chi connectivity index (χ1v) is 8.85. The fraction of sp³-hybridized carbons (Fsp3) is 0.750. The van der Waals surface area contributed by atoms with Gasteiger partial charge in [0.15, 0.2) is 5.78 Å². The molecule has 2 heteroatoms. The Kier molecular flexibility index (Phi) is 3.87. The van der Waals surface area contributed by atoms with Crippen LogP contribution in [0.15, 0.2) is 23.3 Å². The van der Waals surface area contributed by atoms with E-state index in [9.17, 15) is 4.79 Å². The lowest BCUT2D eigenvalue weighted by Gasteiger charge is -2.33. The Morgan fingerprint density at radius 1 is 1.27 bits per heavy atom. The Bertz CT molecular complexity index is 542. The van der Waals surface area contributed by atoms with Gasteiger partial charge in [0.1, 0.15) is 0 Å². The molecule has 0 aromatic carbocycles. The maximum absolute atomic E-state index is 12.7. The maximum atomic E-state index is 12.7. The molecule has 1 fully saturated rings. The van der Waals surface area contributed by atoms with Gasteiger partial charge in [-0.1, -0.05) is 38.0 Å². The van der Waals surface area contributed by atoms with E-state index < -0.39 is 0 Å². The predicted molar refractivity (Wildman–Crippen MR) is 89.6 cm³/mol. The Morgan fingerprint density at radius 2 is 2.00 bits per heavy atom. The standard InChI is InChI=1S/C20H30O2/c1-13(2)15-12-17(21)19(4)10-8-14(3)6-7-18-20(5,22-18)11-9-16(15)19/h8,12-13,16,18H,6-7,9-11H2,1-5H3/b14-8-/t16-,18?,19+,20?/m0/s1. The van der Waals surface area contributed by atoms with E-state index in [2.05, 4.69) is 40.7 Å². The van der Waals surface area contributed by atoms with Gasteiger partial charge in [-0.05, 0) is 63.9 Å². The molecular weight excluding hydrogens is 272 g/mol. The van der Waals surface area contributed by atoms with Gasteiger partial charge in [-0.2, -0.15) is 0 Å². The largest absolute Gasteiger partial charge is 0.366 e. The zero-order valence-corrected chi connectivity index (χ0v) is 14.7. The van der Waals surface area contributed by atoms with Gasteiger partial charge in [0.2, 0.25) is 0 Å². The lowest BCUT2D eigenvalue weighted by Crippen LogP contribution is -2.32. The summed E-state index contributed by atoms with van der Waals surface area (Å²) in [7, 11) is 0. The van der Waals surface area contributed by atoms with Crippen molar-refractivity contribution in [1.29, 1.82) is 0 Å². The fourth-order valence-corrected chi connectivity index (χ4v) is 4.41. The molecule has 3 rings (SSSR count). The predicted octanol–water partition coefficient (Wildman–Crippen LogP) is 4.84. The van der Waals surface area contributed by atoms with E-state index in [1.165, 1.54) is 11.1 Å². The Labute approximate surface area is 135 Å². The zero-order chi connectivity index (χ0) is 16.1. The van der Waals surface area contributed by atoms with Crippen molar-refractivity contribution in [2.24, 2.45) is 17.3 Å². The van der Waals surface area contributed by atoms with Crippen LogP contribution < -0.4 is 0 Å². The summed E-state index contributed by atoms with van der Waals surface area (Å²) >= 11 is 0. The molecule has 2 unspecified atom stereocenters. The van der Waals surface area contributed by atoms with Crippen LogP contribution in [0.3, 0.4) is 0 Å². The average Bonchev–Trinajstić information content (AvgIpc) is 3.03. The van der Waals surface area contributed by atoms with Crippen molar-refractivity contribution in [3.05, 3.63) is 23.3 Å². The highest BCUT2D eigenvalue weighted by Gasteiger charge is 2.53. The van der Waals surface area contributed by atoms with Crippen LogP contribution in [-0.2, 0) is 9.53 Å². The Hall–Kier alpha value is -0.890. The normalized spacial score (nSPS) is 44.5. The van der Waals surface area contributed by atoms with Crippen LogP contribution in [0.25, 0.3) is 0 Å². The molecule has 0 radical (unpaired) electrons. The van der Waals surface area contributed by atoms with Crippen LogP contribution in [0, 0.1) is 17.3 Å². The summed E-state index contributed by atoms with van der Waals surface area (Å²) in [6, 6.07) is 0. The fourth-order valence-electron chi connectivity index (χ4n) is 4.41. The SMILES string of the molecule is C/C1=C/C[C@@]2(C)C(=O)C=C(C(C)C)[C@@H]2CCC2(C)OC2CC1. The number of fused-ring (bicyclic) bond motifs is 2. The number of ketones is 1. The van der Waals surface area contributed by atoms with E-state index in [1.807, 2.05) is 6.08 Å². The van der Waals surface area contributed by atoms with Crippen molar-refractivity contribution in [2.45, 2.75) is 78.4 Å². The molecule has 22 heavy (non-hydrogen) atoms. The Morgan fingerprint density at radius 3 is 2.68 bits per heavy atom. The minimum Gasteiger partial charge on any atom is -0.366 e. The first-order valence-electron chi connectivity index (χ1n) is 8.85. The van der Waals surface area contributed by atoms with Crippen molar-refractivity contribution >= 4 is 5.78 Å². The van der Waals surface area contributed by atoms with Crippen molar-refractivity contribution in [2.75, 3.05) is 0 Å². The van der Waals surface area contributed by atoms with Crippen molar-refractivity contribution in [3.8, 4) is 0 Å². The third-order valence-electron chi connectivity index (χ3n) is 6.34. The van der Waals surface area contributed by atoms with E-state index >= 15 is 0 Å². The first-order chi connectivity index (χ1) is 10.3. The van der Waals surface area contributed by atoms with Gasteiger partial charge in [-0.15, -0.1) is 0 Å². The maximum Gasteiger partial charge on any atom is 0.162 e. The molecule has 0 spiro atoms. The number of epoxide rings is 1. The van der Waals surface area contributed by atoms with E-state index in [-0.39, 0.29) is 11.0 Å². The molecule has 122 valence electrons. The zero-order valence-electron chi connectivity index (χ0n) is 14.7. The molecule has 2 aliphatic carbocycles. The van der Waals surface area contributed by atoms with E-state index in [0.717, 1.165) is 32.1 Å². The van der Waals surface area contributed by atoms with Crippen LogP contribution >= 0.6 is 0 Å². The molecule has 0 saturated carbocycles. The molecule has 0 bridgehead atoms. The van der Waals surface area contributed by atoms with Gasteiger partial charge in [0.25, 0.3) is 0 Å². The molecule has 1 saturated heterocycles. The van der Waals surface area contributed by atoms with Crippen LogP contribution in [0.4, 0.5) is 0 Å². The molecule has 2 nitrogen and oxygen atoms in total. The summed E-state index contributed by atoms with van der Waals surface area (Å²) in [4.78, 5) is 12.7. The molecule has 0 aromatic rings. The van der Waals surface area contributed by atoms with Crippen molar-refractivity contribution in [1.82, 2.24) is 0 Å². The molecule has 4 atom stereocenters. The van der Waals surface area contributed by atoms with Crippen molar-refractivity contribution < 1.29 is 9.53 Å². The van der Waals surface area contributed by atoms with Gasteiger partial charge < -0.3 is 4.74 Å².